The number of nitrogens with zero attached hydrogens (tertiary/aromatic N) is 3. The van der Waals surface area contributed by atoms with E-state index in [-0.39, 0.29) is 0 Å². The van der Waals surface area contributed by atoms with Crippen LogP contribution in [-0.2, 0) is 6.54 Å². The van der Waals surface area contributed by atoms with E-state index in [4.69, 9.17) is 9.72 Å². The minimum Gasteiger partial charge on any atom is -0.493 e. The molecule has 1 aliphatic rings. The molecular formula is C21H25BrN4O. The van der Waals surface area contributed by atoms with Crippen LogP contribution in [0.5, 0.6) is 5.75 Å². The number of ether oxygens (including phenoxy) is 1. The summed E-state index contributed by atoms with van der Waals surface area (Å²) in [4.78, 5) is 7.49. The predicted octanol–water partition coefficient (Wildman–Crippen LogP) is 3.96. The number of rotatable bonds is 5. The van der Waals surface area contributed by atoms with Crippen molar-refractivity contribution in [2.24, 2.45) is 0 Å². The molecule has 1 saturated heterocycles. The minimum absolute atomic E-state index is 0.642. The van der Waals surface area contributed by atoms with Crippen LogP contribution in [0, 0.1) is 0 Å². The topological polar surface area (TPSA) is 41.8 Å². The molecule has 0 radical (unpaired) electrons. The number of benzene rings is 1. The van der Waals surface area contributed by atoms with E-state index in [1.807, 2.05) is 25.1 Å². The fourth-order valence-corrected chi connectivity index (χ4v) is 3.99. The highest BCUT2D eigenvalue weighted by Crippen LogP contribution is 2.33. The third kappa shape index (κ3) is 4.03. The second-order valence-corrected chi connectivity index (χ2v) is 7.71. The van der Waals surface area contributed by atoms with Crippen LogP contribution in [0.15, 0.2) is 47.1 Å². The van der Waals surface area contributed by atoms with Crippen molar-refractivity contribution in [3.63, 3.8) is 0 Å². The summed E-state index contributed by atoms with van der Waals surface area (Å²) in [5, 5.41) is 3.48. The summed E-state index contributed by atoms with van der Waals surface area (Å²) < 4.78 is 9.15. The van der Waals surface area contributed by atoms with E-state index in [1.165, 1.54) is 12.1 Å². The maximum Gasteiger partial charge on any atom is 0.137 e. The largest absolute Gasteiger partial charge is 0.493 e. The first-order valence-electron chi connectivity index (χ1n) is 9.58. The van der Waals surface area contributed by atoms with E-state index in [1.54, 1.807) is 0 Å². The lowest BCUT2D eigenvalue weighted by atomic mass is 10.1. The van der Waals surface area contributed by atoms with Gasteiger partial charge in [0.2, 0.25) is 0 Å². The molecule has 0 amide bonds. The normalized spacial score (nSPS) is 15.8. The first-order chi connectivity index (χ1) is 13.3. The average molecular weight is 429 g/mol. The zero-order valence-electron chi connectivity index (χ0n) is 15.6. The zero-order chi connectivity index (χ0) is 18.6. The summed E-state index contributed by atoms with van der Waals surface area (Å²) in [6.07, 6.45) is 3.28. The highest BCUT2D eigenvalue weighted by Gasteiger charge is 2.20. The number of hydrogen-bond donors (Lipinski definition) is 1. The van der Waals surface area contributed by atoms with Gasteiger partial charge in [-0.3, -0.25) is 4.90 Å². The first kappa shape index (κ1) is 18.5. The predicted molar refractivity (Wildman–Crippen MR) is 112 cm³/mol. The first-order valence-corrected chi connectivity index (χ1v) is 10.4. The van der Waals surface area contributed by atoms with Gasteiger partial charge in [-0.05, 0) is 66.6 Å². The molecule has 6 heteroatoms. The number of para-hydroxylation sites is 1. The number of imidazole rings is 1. The van der Waals surface area contributed by atoms with Crippen molar-refractivity contribution in [2.45, 2.75) is 19.9 Å². The van der Waals surface area contributed by atoms with Crippen LogP contribution in [0.2, 0.25) is 0 Å². The summed E-state index contributed by atoms with van der Waals surface area (Å²) in [6.45, 7) is 7.80. The Morgan fingerprint density at radius 1 is 1.15 bits per heavy atom. The Bertz CT molecular complexity index is 916. The molecule has 5 nitrogen and oxygen atoms in total. The zero-order valence-corrected chi connectivity index (χ0v) is 17.2. The van der Waals surface area contributed by atoms with Crippen molar-refractivity contribution in [3.05, 3.63) is 52.8 Å². The fraction of sp³-hybridized carbons (Fsp3) is 0.381. The van der Waals surface area contributed by atoms with Gasteiger partial charge in [-0.2, -0.15) is 0 Å². The molecule has 0 saturated carbocycles. The van der Waals surface area contributed by atoms with Crippen LogP contribution >= 0.6 is 15.9 Å². The van der Waals surface area contributed by atoms with Gasteiger partial charge < -0.3 is 14.5 Å². The van der Waals surface area contributed by atoms with Crippen molar-refractivity contribution in [3.8, 4) is 17.0 Å². The van der Waals surface area contributed by atoms with Crippen molar-refractivity contribution in [1.29, 1.82) is 0 Å². The van der Waals surface area contributed by atoms with Crippen LogP contribution in [-0.4, -0.2) is 47.1 Å². The summed E-state index contributed by atoms with van der Waals surface area (Å²) in [6, 6.07) is 12.3. The van der Waals surface area contributed by atoms with E-state index < -0.39 is 0 Å². The third-order valence-electron chi connectivity index (χ3n) is 4.93. The lowest BCUT2D eigenvalue weighted by Gasteiger charge is -2.20. The van der Waals surface area contributed by atoms with Gasteiger partial charge in [0.15, 0.2) is 0 Å². The monoisotopic (exact) mass is 428 g/mol. The summed E-state index contributed by atoms with van der Waals surface area (Å²) >= 11 is 3.61. The molecule has 3 aromatic rings. The average Bonchev–Trinajstić information content (AvgIpc) is 2.84. The number of nitrogens with one attached hydrogen (secondary N) is 1. The SMILES string of the molecule is CCOc1ccccc1-c1nc2ccc(Br)cn2c1CN1CCCNCC1. The van der Waals surface area contributed by atoms with Crippen molar-refractivity contribution >= 4 is 21.6 Å². The number of pyridine rings is 1. The van der Waals surface area contributed by atoms with Crippen LogP contribution < -0.4 is 10.1 Å². The molecule has 0 spiro atoms. The Labute approximate surface area is 168 Å². The van der Waals surface area contributed by atoms with Gasteiger partial charge in [-0.25, -0.2) is 4.98 Å². The van der Waals surface area contributed by atoms with Gasteiger partial charge in [0, 0.05) is 35.9 Å². The van der Waals surface area contributed by atoms with E-state index in [9.17, 15) is 0 Å². The van der Waals surface area contributed by atoms with Gasteiger partial charge in [0.05, 0.1) is 18.0 Å². The maximum absolute atomic E-state index is 5.89. The van der Waals surface area contributed by atoms with Gasteiger partial charge in [-0.15, -0.1) is 0 Å². The van der Waals surface area contributed by atoms with Crippen molar-refractivity contribution < 1.29 is 4.74 Å². The molecule has 0 atom stereocenters. The second-order valence-electron chi connectivity index (χ2n) is 6.79. The molecule has 1 N–H and O–H groups in total. The molecule has 0 bridgehead atoms. The summed E-state index contributed by atoms with van der Waals surface area (Å²) in [7, 11) is 0. The smallest absolute Gasteiger partial charge is 0.137 e. The molecule has 4 rings (SSSR count). The lowest BCUT2D eigenvalue weighted by Crippen LogP contribution is -2.28. The number of fused-ring (bicyclic) bond motifs is 1. The Kier molecular flexibility index (Phi) is 5.76. The standard InChI is InChI=1S/C21H25BrN4O/c1-2-27-19-7-4-3-6-17(19)21-18(15-25-12-5-10-23-11-13-25)26-14-16(22)8-9-20(26)24-21/h3-4,6-9,14,23H,2,5,10-13,15H2,1H3. The van der Waals surface area contributed by atoms with Crippen molar-refractivity contribution in [1.82, 2.24) is 19.6 Å². The van der Waals surface area contributed by atoms with E-state index in [0.717, 1.165) is 59.9 Å². The molecule has 1 aliphatic heterocycles. The molecule has 27 heavy (non-hydrogen) atoms. The number of aromatic nitrogens is 2. The Hall–Kier alpha value is -1.89. The molecule has 142 valence electrons. The van der Waals surface area contributed by atoms with Gasteiger partial charge in [0.25, 0.3) is 0 Å². The maximum atomic E-state index is 5.89. The Morgan fingerprint density at radius 3 is 2.93 bits per heavy atom. The van der Waals surface area contributed by atoms with E-state index in [0.29, 0.717) is 6.61 Å². The molecule has 2 aromatic heterocycles. The van der Waals surface area contributed by atoms with Gasteiger partial charge in [-0.1, -0.05) is 12.1 Å². The second kappa shape index (κ2) is 8.42. The summed E-state index contributed by atoms with van der Waals surface area (Å²) in [5.41, 5.74) is 4.24. The van der Waals surface area contributed by atoms with Crippen LogP contribution in [0.1, 0.15) is 19.0 Å². The molecule has 1 fully saturated rings. The molecule has 0 aliphatic carbocycles. The highest BCUT2D eigenvalue weighted by atomic mass is 79.9. The lowest BCUT2D eigenvalue weighted by molar-refractivity contribution is 0.280. The number of halogens is 1. The van der Waals surface area contributed by atoms with Crippen LogP contribution in [0.25, 0.3) is 16.9 Å². The Balaban J connectivity index is 1.82. The highest BCUT2D eigenvalue weighted by molar-refractivity contribution is 9.10. The molecule has 3 heterocycles. The molecular weight excluding hydrogens is 404 g/mol. The minimum atomic E-state index is 0.642. The van der Waals surface area contributed by atoms with Gasteiger partial charge >= 0.3 is 0 Å². The fourth-order valence-electron chi connectivity index (χ4n) is 3.65. The summed E-state index contributed by atoms with van der Waals surface area (Å²) in [5.74, 6) is 0.890. The van der Waals surface area contributed by atoms with Crippen molar-refractivity contribution in [2.75, 3.05) is 32.8 Å². The number of hydrogen-bond acceptors (Lipinski definition) is 4. The molecule has 1 aromatic carbocycles. The van der Waals surface area contributed by atoms with Crippen LogP contribution in [0.3, 0.4) is 0 Å². The van der Waals surface area contributed by atoms with E-state index in [2.05, 4.69) is 54.9 Å². The Morgan fingerprint density at radius 2 is 2.04 bits per heavy atom. The van der Waals surface area contributed by atoms with Gasteiger partial charge in [0.1, 0.15) is 11.4 Å². The van der Waals surface area contributed by atoms with Crippen LogP contribution in [0.4, 0.5) is 0 Å². The quantitative estimate of drug-likeness (QED) is 0.667. The molecule has 0 unspecified atom stereocenters. The third-order valence-corrected chi connectivity index (χ3v) is 5.40. The van der Waals surface area contributed by atoms with E-state index >= 15 is 0 Å².